The van der Waals surface area contributed by atoms with Crippen molar-refractivity contribution in [3.05, 3.63) is 167 Å². The monoisotopic (exact) mass is 630 g/mol. The molecule has 0 atom stereocenters. The van der Waals surface area contributed by atoms with E-state index in [1.54, 1.807) is 0 Å². The summed E-state index contributed by atoms with van der Waals surface area (Å²) in [6.45, 7) is 6.28. The Kier molecular flexibility index (Phi) is 8.38. The number of benzene rings is 6. The number of fused-ring (bicyclic) bond motifs is 1. The Morgan fingerprint density at radius 1 is 0.653 bits per heavy atom. The van der Waals surface area contributed by atoms with E-state index in [0.717, 1.165) is 67.2 Å². The van der Waals surface area contributed by atoms with Crippen LogP contribution in [0.25, 0.3) is 56.0 Å². The zero-order valence-corrected chi connectivity index (χ0v) is 27.7. The van der Waals surface area contributed by atoms with Crippen LogP contribution < -0.4 is 5.32 Å². The van der Waals surface area contributed by atoms with E-state index < -0.39 is 0 Å². The molecule has 0 radical (unpaired) electrons. The number of rotatable bonds is 7. The Morgan fingerprint density at radius 3 is 2.18 bits per heavy atom. The quantitative estimate of drug-likeness (QED) is 0.191. The molecule has 0 aliphatic heterocycles. The molecule has 0 unspecified atom stereocenters. The van der Waals surface area contributed by atoms with Crippen LogP contribution in [-0.2, 0) is 0 Å². The number of allylic oxidation sites excluding steroid dienone is 1. The maximum absolute atomic E-state index is 10.4. The van der Waals surface area contributed by atoms with E-state index in [-0.39, 0.29) is 0 Å². The fourth-order valence-corrected chi connectivity index (χ4v) is 6.77. The Hall–Kier alpha value is -6.62. The van der Waals surface area contributed by atoms with Crippen molar-refractivity contribution in [2.24, 2.45) is 0 Å². The number of aromatic nitrogens is 1. The van der Waals surface area contributed by atoms with Gasteiger partial charge < -0.3 is 9.88 Å². The summed E-state index contributed by atoms with van der Waals surface area (Å²) >= 11 is 0. The summed E-state index contributed by atoms with van der Waals surface area (Å²) in [7, 11) is 0. The molecule has 0 aliphatic rings. The largest absolute Gasteiger partial charge is 0.355 e. The number of para-hydroxylation sites is 1. The molecule has 234 valence electrons. The lowest BCUT2D eigenvalue weighted by Crippen LogP contribution is -2.02. The first-order valence-electron chi connectivity index (χ1n) is 16.3. The Labute approximate surface area is 287 Å². The minimum atomic E-state index is 0.618. The first-order valence-corrected chi connectivity index (χ1v) is 16.3. The molecule has 0 aliphatic carbocycles. The maximum Gasteiger partial charge on any atom is 0.0998 e. The standard InChI is InChI=1S/C45H34N4/c1-4-12-42-31(3)39-20-7-8-21-43(39)49(42)44-22-11-17-36(29-47)45(44)35-16-9-14-33(26-35)34-15-10-18-37(27-34)48-41-24-23-32(28-46)25-40(41)38-19-6-5-13-30(38)2/h4-27,48H,1-3H3/b12-4-. The van der Waals surface area contributed by atoms with Gasteiger partial charge in [-0.2, -0.15) is 10.5 Å². The topological polar surface area (TPSA) is 64.5 Å². The highest BCUT2D eigenvalue weighted by Crippen LogP contribution is 2.39. The van der Waals surface area contributed by atoms with Crippen LogP contribution in [0.4, 0.5) is 11.4 Å². The van der Waals surface area contributed by atoms with E-state index in [1.807, 2.05) is 55.5 Å². The van der Waals surface area contributed by atoms with Gasteiger partial charge in [-0.1, -0.05) is 84.9 Å². The highest BCUT2D eigenvalue weighted by molar-refractivity contribution is 5.93. The third kappa shape index (κ3) is 5.78. The van der Waals surface area contributed by atoms with Gasteiger partial charge >= 0.3 is 0 Å². The van der Waals surface area contributed by atoms with Gasteiger partial charge in [-0.05, 0) is 115 Å². The second-order valence-corrected chi connectivity index (χ2v) is 12.1. The smallest absolute Gasteiger partial charge is 0.0998 e. The van der Waals surface area contributed by atoms with Gasteiger partial charge in [0.05, 0.1) is 34.5 Å². The molecular weight excluding hydrogens is 597 g/mol. The van der Waals surface area contributed by atoms with E-state index >= 15 is 0 Å². The van der Waals surface area contributed by atoms with Crippen LogP contribution >= 0.6 is 0 Å². The van der Waals surface area contributed by atoms with Crippen molar-refractivity contribution < 1.29 is 0 Å². The predicted molar refractivity (Wildman–Crippen MR) is 203 cm³/mol. The van der Waals surface area contributed by atoms with Crippen molar-refractivity contribution in [2.45, 2.75) is 20.8 Å². The van der Waals surface area contributed by atoms with Gasteiger partial charge in [0.2, 0.25) is 0 Å². The number of hydrogen-bond donors (Lipinski definition) is 1. The van der Waals surface area contributed by atoms with Crippen molar-refractivity contribution in [3.63, 3.8) is 0 Å². The molecule has 7 aromatic rings. The SMILES string of the molecule is C/C=C\c1c(C)c2ccccc2n1-c1cccc(C#N)c1-c1cccc(-c2cccc(Nc3ccc(C#N)cc3-c3ccccc3C)c2)c1. The average Bonchev–Trinajstić information content (AvgIpc) is 3.42. The summed E-state index contributed by atoms with van der Waals surface area (Å²) in [5.41, 5.74) is 14.6. The first kappa shape index (κ1) is 31.0. The lowest BCUT2D eigenvalue weighted by atomic mass is 9.94. The number of aryl methyl sites for hydroxylation is 2. The molecule has 0 saturated carbocycles. The van der Waals surface area contributed by atoms with Crippen LogP contribution in [-0.4, -0.2) is 4.57 Å². The molecule has 1 aromatic heterocycles. The molecule has 0 spiro atoms. The average molecular weight is 631 g/mol. The van der Waals surface area contributed by atoms with Crippen LogP contribution in [0.2, 0.25) is 0 Å². The van der Waals surface area contributed by atoms with Crippen molar-refractivity contribution in [1.29, 1.82) is 10.5 Å². The second-order valence-electron chi connectivity index (χ2n) is 12.1. The number of nitrogens with one attached hydrogen (secondary N) is 1. The normalized spacial score (nSPS) is 11.0. The highest BCUT2D eigenvalue weighted by atomic mass is 15.0. The van der Waals surface area contributed by atoms with E-state index in [2.05, 4.69) is 133 Å². The minimum absolute atomic E-state index is 0.618. The Bertz CT molecular complexity index is 2480. The van der Waals surface area contributed by atoms with Gasteiger partial charge in [-0.15, -0.1) is 0 Å². The molecule has 1 heterocycles. The minimum Gasteiger partial charge on any atom is -0.355 e. The molecule has 0 amide bonds. The summed E-state index contributed by atoms with van der Waals surface area (Å²) < 4.78 is 2.28. The molecular formula is C45H34N4. The van der Waals surface area contributed by atoms with Crippen molar-refractivity contribution in [3.8, 4) is 51.2 Å². The number of nitriles is 2. The van der Waals surface area contributed by atoms with E-state index in [1.165, 1.54) is 10.9 Å². The second kappa shape index (κ2) is 13.2. The first-order chi connectivity index (χ1) is 24.0. The van der Waals surface area contributed by atoms with Crippen molar-refractivity contribution in [2.75, 3.05) is 5.32 Å². The number of hydrogen-bond acceptors (Lipinski definition) is 3. The molecule has 4 nitrogen and oxygen atoms in total. The summed E-state index contributed by atoms with van der Waals surface area (Å²) in [5.74, 6) is 0. The van der Waals surface area contributed by atoms with Gasteiger partial charge in [0.1, 0.15) is 0 Å². The van der Waals surface area contributed by atoms with Crippen LogP contribution in [0.1, 0.15) is 34.9 Å². The third-order valence-electron chi connectivity index (χ3n) is 9.11. The fraction of sp³-hybridized carbons (Fsp3) is 0.0667. The van der Waals surface area contributed by atoms with Crippen LogP contribution in [0.3, 0.4) is 0 Å². The van der Waals surface area contributed by atoms with Crippen molar-refractivity contribution in [1.82, 2.24) is 4.57 Å². The Morgan fingerprint density at radius 2 is 1.39 bits per heavy atom. The number of anilines is 2. The van der Waals surface area contributed by atoms with Gasteiger partial charge in [0, 0.05) is 33.6 Å². The fourth-order valence-electron chi connectivity index (χ4n) is 6.77. The summed E-state index contributed by atoms with van der Waals surface area (Å²) in [5, 5.41) is 24.8. The Balaban J connectivity index is 1.32. The molecule has 0 bridgehead atoms. The zero-order chi connectivity index (χ0) is 33.9. The molecule has 0 saturated heterocycles. The lowest BCUT2D eigenvalue weighted by Gasteiger charge is -2.17. The summed E-state index contributed by atoms with van der Waals surface area (Å²) in [6.07, 6.45) is 4.21. The summed E-state index contributed by atoms with van der Waals surface area (Å²) in [4.78, 5) is 0. The van der Waals surface area contributed by atoms with E-state index in [0.29, 0.717) is 11.1 Å². The van der Waals surface area contributed by atoms with Gasteiger partial charge in [0.15, 0.2) is 0 Å². The van der Waals surface area contributed by atoms with Gasteiger partial charge in [-0.25, -0.2) is 0 Å². The number of nitrogens with zero attached hydrogens (tertiary/aromatic N) is 3. The van der Waals surface area contributed by atoms with Gasteiger partial charge in [0.25, 0.3) is 0 Å². The van der Waals surface area contributed by atoms with Crippen LogP contribution in [0.5, 0.6) is 0 Å². The highest BCUT2D eigenvalue weighted by Gasteiger charge is 2.19. The molecule has 6 aromatic carbocycles. The third-order valence-corrected chi connectivity index (χ3v) is 9.11. The summed E-state index contributed by atoms with van der Waals surface area (Å²) in [6, 6.07) is 49.9. The lowest BCUT2D eigenvalue weighted by molar-refractivity contribution is 1.10. The zero-order valence-electron chi connectivity index (χ0n) is 27.7. The maximum atomic E-state index is 10.4. The van der Waals surface area contributed by atoms with Crippen LogP contribution in [0.15, 0.2) is 140 Å². The van der Waals surface area contributed by atoms with E-state index in [4.69, 9.17) is 0 Å². The molecule has 49 heavy (non-hydrogen) atoms. The molecule has 7 rings (SSSR count). The van der Waals surface area contributed by atoms with Gasteiger partial charge in [-0.3, -0.25) is 0 Å². The predicted octanol–water partition coefficient (Wildman–Crippen LogP) is 11.8. The molecule has 1 N–H and O–H groups in total. The molecule has 4 heteroatoms. The molecule has 0 fully saturated rings. The van der Waals surface area contributed by atoms with Crippen molar-refractivity contribution >= 4 is 28.4 Å². The van der Waals surface area contributed by atoms with E-state index in [9.17, 15) is 10.5 Å². The van der Waals surface area contributed by atoms with Crippen LogP contribution in [0, 0.1) is 36.5 Å².